The molecule has 0 spiro atoms. The van der Waals surface area contributed by atoms with Gasteiger partial charge in [-0.3, -0.25) is 14.8 Å². The average molecular weight is 321 g/mol. The summed E-state index contributed by atoms with van der Waals surface area (Å²) < 4.78 is 5.12. The van der Waals surface area contributed by atoms with Crippen molar-refractivity contribution in [3.63, 3.8) is 0 Å². The molecular formula is C19H19N3O2. The number of aryl methyl sites for hydroxylation is 1. The second-order valence-corrected chi connectivity index (χ2v) is 5.55. The van der Waals surface area contributed by atoms with Crippen LogP contribution in [0.15, 0.2) is 54.6 Å². The molecule has 5 nitrogen and oxygen atoms in total. The third kappa shape index (κ3) is 3.01. The Kier molecular flexibility index (Phi) is 4.33. The Morgan fingerprint density at radius 3 is 2.50 bits per heavy atom. The van der Waals surface area contributed by atoms with Crippen LogP contribution < -0.4 is 9.64 Å². The molecule has 24 heavy (non-hydrogen) atoms. The van der Waals surface area contributed by atoms with E-state index >= 15 is 0 Å². The van der Waals surface area contributed by atoms with Gasteiger partial charge >= 0.3 is 0 Å². The molecule has 0 aliphatic carbocycles. The number of nitrogens with zero attached hydrogens (tertiary/aromatic N) is 2. The number of hydrogen-bond acceptors (Lipinski definition) is 3. The molecule has 5 heteroatoms. The summed E-state index contributed by atoms with van der Waals surface area (Å²) in [6, 6.07) is 16.9. The van der Waals surface area contributed by atoms with E-state index in [0.717, 1.165) is 22.6 Å². The van der Waals surface area contributed by atoms with Gasteiger partial charge in [0.2, 0.25) is 0 Å². The molecule has 0 unspecified atom stereocenters. The Morgan fingerprint density at radius 2 is 1.83 bits per heavy atom. The second kappa shape index (κ2) is 6.58. The quantitative estimate of drug-likeness (QED) is 0.797. The number of benzene rings is 2. The van der Waals surface area contributed by atoms with E-state index < -0.39 is 0 Å². The van der Waals surface area contributed by atoms with Gasteiger partial charge in [-0.2, -0.15) is 5.10 Å². The van der Waals surface area contributed by atoms with E-state index in [2.05, 4.69) is 10.2 Å². The summed E-state index contributed by atoms with van der Waals surface area (Å²) in [6.07, 6.45) is 0. The molecule has 0 aliphatic rings. The first kappa shape index (κ1) is 15.8. The van der Waals surface area contributed by atoms with Crippen molar-refractivity contribution in [3.05, 3.63) is 65.7 Å². The topological polar surface area (TPSA) is 58.2 Å². The minimum absolute atomic E-state index is 0.125. The summed E-state index contributed by atoms with van der Waals surface area (Å²) >= 11 is 0. The highest BCUT2D eigenvalue weighted by Crippen LogP contribution is 2.25. The lowest BCUT2D eigenvalue weighted by Crippen LogP contribution is -2.26. The summed E-state index contributed by atoms with van der Waals surface area (Å²) in [7, 11) is 3.31. The zero-order chi connectivity index (χ0) is 17.1. The Hall–Kier alpha value is -3.08. The fourth-order valence-corrected chi connectivity index (χ4v) is 2.53. The third-order valence-electron chi connectivity index (χ3n) is 3.98. The second-order valence-electron chi connectivity index (χ2n) is 5.55. The van der Waals surface area contributed by atoms with E-state index in [-0.39, 0.29) is 5.91 Å². The number of aromatic amines is 1. The molecule has 3 aromatic rings. The number of amides is 1. The molecule has 0 saturated carbocycles. The maximum atomic E-state index is 12.6. The molecule has 0 saturated heterocycles. The highest BCUT2D eigenvalue weighted by molar-refractivity contribution is 6.05. The van der Waals surface area contributed by atoms with Crippen LogP contribution in [0.5, 0.6) is 5.75 Å². The first-order valence-electron chi connectivity index (χ1n) is 7.63. The molecule has 0 bridgehead atoms. The number of hydrogen-bond donors (Lipinski definition) is 1. The van der Waals surface area contributed by atoms with Crippen LogP contribution in [0.3, 0.4) is 0 Å². The SMILES string of the molecule is COc1ccc(C(=O)N(C)c2cc(-c3ccccc3C)[nH]n2)cc1. The number of methoxy groups -OCH3 is 1. The standard InChI is InChI=1S/C19H19N3O2/c1-13-6-4-5-7-16(13)17-12-18(21-20-17)22(2)19(23)14-8-10-15(24-3)11-9-14/h4-12H,1-3H3,(H,20,21). The molecule has 0 fully saturated rings. The van der Waals surface area contributed by atoms with Crippen molar-refractivity contribution in [3.8, 4) is 17.0 Å². The molecule has 122 valence electrons. The molecule has 1 heterocycles. The molecule has 1 N–H and O–H groups in total. The summed E-state index contributed by atoms with van der Waals surface area (Å²) in [5.74, 6) is 1.17. The Balaban J connectivity index is 1.83. The van der Waals surface area contributed by atoms with E-state index in [4.69, 9.17) is 4.74 Å². The maximum absolute atomic E-state index is 12.6. The monoisotopic (exact) mass is 321 g/mol. The number of anilines is 1. The molecule has 0 aliphatic heterocycles. The number of carbonyl (C=O) groups excluding carboxylic acids is 1. The number of H-pyrrole nitrogens is 1. The third-order valence-corrected chi connectivity index (χ3v) is 3.98. The van der Waals surface area contributed by atoms with Crippen molar-refractivity contribution in [1.29, 1.82) is 0 Å². The summed E-state index contributed by atoms with van der Waals surface area (Å²) in [6.45, 7) is 2.04. The van der Waals surface area contributed by atoms with Crippen molar-refractivity contribution in [2.24, 2.45) is 0 Å². The fraction of sp³-hybridized carbons (Fsp3) is 0.158. The van der Waals surface area contributed by atoms with Gasteiger partial charge in [-0.1, -0.05) is 24.3 Å². The smallest absolute Gasteiger partial charge is 0.259 e. The first-order chi connectivity index (χ1) is 11.6. The van der Waals surface area contributed by atoms with Gasteiger partial charge in [-0.15, -0.1) is 0 Å². The predicted molar refractivity (Wildman–Crippen MR) is 94.5 cm³/mol. The van der Waals surface area contributed by atoms with Crippen LogP contribution in [-0.4, -0.2) is 30.3 Å². The number of carbonyl (C=O) groups is 1. The zero-order valence-corrected chi connectivity index (χ0v) is 13.9. The van der Waals surface area contributed by atoms with Crippen molar-refractivity contribution in [2.45, 2.75) is 6.92 Å². The zero-order valence-electron chi connectivity index (χ0n) is 13.9. The summed E-state index contributed by atoms with van der Waals surface area (Å²) in [5.41, 5.74) is 3.69. The lowest BCUT2D eigenvalue weighted by atomic mass is 10.1. The van der Waals surface area contributed by atoms with Crippen molar-refractivity contribution in [2.75, 3.05) is 19.1 Å². The number of ether oxygens (including phenoxy) is 1. The lowest BCUT2D eigenvalue weighted by Gasteiger charge is -2.14. The van der Waals surface area contributed by atoms with Crippen LogP contribution in [0.4, 0.5) is 5.82 Å². The minimum Gasteiger partial charge on any atom is -0.497 e. The van der Waals surface area contributed by atoms with Crippen LogP contribution in [-0.2, 0) is 0 Å². The molecule has 0 atom stereocenters. The number of aromatic nitrogens is 2. The van der Waals surface area contributed by atoms with Gasteiger partial charge in [0, 0.05) is 24.2 Å². The molecular weight excluding hydrogens is 302 g/mol. The highest BCUT2D eigenvalue weighted by atomic mass is 16.5. The van der Waals surface area contributed by atoms with Crippen molar-refractivity contribution in [1.82, 2.24) is 10.2 Å². The van der Waals surface area contributed by atoms with E-state index in [0.29, 0.717) is 11.4 Å². The van der Waals surface area contributed by atoms with Crippen LogP contribution in [0.1, 0.15) is 15.9 Å². The summed E-state index contributed by atoms with van der Waals surface area (Å²) in [4.78, 5) is 14.1. The fourth-order valence-electron chi connectivity index (χ4n) is 2.53. The molecule has 1 amide bonds. The van der Waals surface area contributed by atoms with Gasteiger partial charge in [-0.25, -0.2) is 0 Å². The Bertz CT molecular complexity index is 853. The normalized spacial score (nSPS) is 10.5. The van der Waals surface area contributed by atoms with Crippen LogP contribution in [0.2, 0.25) is 0 Å². The summed E-state index contributed by atoms with van der Waals surface area (Å²) in [5, 5.41) is 7.27. The van der Waals surface area contributed by atoms with Gasteiger partial charge in [0.25, 0.3) is 5.91 Å². The molecule has 1 aromatic heterocycles. The number of nitrogens with one attached hydrogen (secondary N) is 1. The van der Waals surface area contributed by atoms with E-state index in [1.54, 1.807) is 38.4 Å². The minimum atomic E-state index is -0.125. The van der Waals surface area contributed by atoms with Gasteiger partial charge in [0.1, 0.15) is 5.75 Å². The van der Waals surface area contributed by atoms with Gasteiger partial charge in [-0.05, 0) is 36.8 Å². The predicted octanol–water partition coefficient (Wildman–Crippen LogP) is 3.67. The average Bonchev–Trinajstić information content (AvgIpc) is 3.11. The Labute approximate surface area is 140 Å². The first-order valence-corrected chi connectivity index (χ1v) is 7.63. The van der Waals surface area contributed by atoms with Crippen molar-refractivity contribution >= 4 is 11.7 Å². The van der Waals surface area contributed by atoms with E-state index in [1.165, 1.54) is 4.90 Å². The van der Waals surface area contributed by atoms with Gasteiger partial charge in [0.05, 0.1) is 12.8 Å². The molecule has 2 aromatic carbocycles. The van der Waals surface area contributed by atoms with Crippen molar-refractivity contribution < 1.29 is 9.53 Å². The maximum Gasteiger partial charge on any atom is 0.259 e. The van der Waals surface area contributed by atoms with Crippen LogP contribution in [0.25, 0.3) is 11.3 Å². The lowest BCUT2D eigenvalue weighted by molar-refractivity contribution is 0.0992. The van der Waals surface area contributed by atoms with Gasteiger partial charge < -0.3 is 4.74 Å². The van der Waals surface area contributed by atoms with E-state index in [1.807, 2.05) is 37.3 Å². The van der Waals surface area contributed by atoms with Gasteiger partial charge in [0.15, 0.2) is 5.82 Å². The molecule has 3 rings (SSSR count). The van der Waals surface area contributed by atoms with Crippen LogP contribution >= 0.6 is 0 Å². The molecule has 0 radical (unpaired) electrons. The highest BCUT2D eigenvalue weighted by Gasteiger charge is 2.17. The Morgan fingerprint density at radius 1 is 1.12 bits per heavy atom. The van der Waals surface area contributed by atoms with E-state index in [9.17, 15) is 4.79 Å². The van der Waals surface area contributed by atoms with Crippen LogP contribution in [0, 0.1) is 6.92 Å². The largest absolute Gasteiger partial charge is 0.497 e. The number of rotatable bonds is 4.